The monoisotopic (exact) mass is 295 g/mol. The molecule has 2 nitrogen and oxygen atoms in total. The first kappa shape index (κ1) is 14.2. The van der Waals surface area contributed by atoms with E-state index in [-0.39, 0.29) is 0 Å². The van der Waals surface area contributed by atoms with Crippen LogP contribution in [0.5, 0.6) is 5.75 Å². The van der Waals surface area contributed by atoms with Crippen molar-refractivity contribution in [1.82, 2.24) is 5.32 Å². The van der Waals surface area contributed by atoms with E-state index in [9.17, 15) is 0 Å². The summed E-state index contributed by atoms with van der Waals surface area (Å²) in [6, 6.07) is 11.7. The van der Waals surface area contributed by atoms with Crippen LogP contribution < -0.4 is 10.1 Å². The minimum absolute atomic E-state index is 0.593. The lowest BCUT2D eigenvalue weighted by Gasteiger charge is -2.09. The Balaban J connectivity index is 2.36. The van der Waals surface area contributed by atoms with E-state index in [2.05, 4.69) is 5.32 Å². The maximum absolute atomic E-state index is 6.26. The maximum atomic E-state index is 6.26. The van der Waals surface area contributed by atoms with Gasteiger partial charge in [0.25, 0.3) is 0 Å². The summed E-state index contributed by atoms with van der Waals surface area (Å²) in [5, 5.41) is 4.43. The lowest BCUT2D eigenvalue weighted by Crippen LogP contribution is -2.05. The van der Waals surface area contributed by atoms with E-state index in [1.54, 1.807) is 7.11 Å². The predicted octanol–water partition coefficient (Wildman–Crippen LogP) is 4.39. The molecule has 19 heavy (non-hydrogen) atoms. The molecule has 100 valence electrons. The van der Waals surface area contributed by atoms with Gasteiger partial charge in [-0.3, -0.25) is 0 Å². The number of rotatable bonds is 4. The molecule has 0 heterocycles. The van der Waals surface area contributed by atoms with Crippen LogP contribution in [0.2, 0.25) is 10.0 Å². The van der Waals surface area contributed by atoms with Crippen molar-refractivity contribution in [1.29, 1.82) is 0 Å². The van der Waals surface area contributed by atoms with Crippen LogP contribution in [0.4, 0.5) is 0 Å². The highest BCUT2D eigenvalue weighted by atomic mass is 35.5. The maximum Gasteiger partial charge on any atom is 0.137 e. The summed E-state index contributed by atoms with van der Waals surface area (Å²) in [5.74, 6) is 0.670. The molecule has 0 amide bonds. The molecule has 0 spiro atoms. The molecular formula is C15H15Cl2NO. The average Bonchev–Trinajstić information content (AvgIpc) is 2.41. The van der Waals surface area contributed by atoms with Crippen molar-refractivity contribution in [2.24, 2.45) is 0 Å². The van der Waals surface area contributed by atoms with Gasteiger partial charge in [0.15, 0.2) is 0 Å². The first-order valence-electron chi connectivity index (χ1n) is 5.92. The van der Waals surface area contributed by atoms with Crippen molar-refractivity contribution in [3.05, 3.63) is 52.0 Å². The normalized spacial score (nSPS) is 10.5. The van der Waals surface area contributed by atoms with Crippen LogP contribution >= 0.6 is 23.2 Å². The van der Waals surface area contributed by atoms with Crippen molar-refractivity contribution in [3.8, 4) is 16.9 Å². The van der Waals surface area contributed by atoms with Crippen LogP contribution in [-0.2, 0) is 6.54 Å². The molecule has 0 aliphatic carbocycles. The smallest absolute Gasteiger partial charge is 0.137 e. The van der Waals surface area contributed by atoms with Crippen molar-refractivity contribution >= 4 is 23.2 Å². The fourth-order valence-electron chi connectivity index (χ4n) is 1.91. The van der Waals surface area contributed by atoms with Gasteiger partial charge in [-0.1, -0.05) is 41.4 Å². The Labute approximate surface area is 123 Å². The summed E-state index contributed by atoms with van der Waals surface area (Å²) >= 11 is 12.4. The largest absolute Gasteiger partial charge is 0.495 e. The summed E-state index contributed by atoms with van der Waals surface area (Å²) < 4.78 is 5.14. The molecule has 0 saturated carbocycles. The van der Waals surface area contributed by atoms with Crippen LogP contribution in [0.3, 0.4) is 0 Å². The molecule has 0 atom stereocenters. The number of nitrogens with one attached hydrogen (secondary N) is 1. The molecule has 2 aromatic rings. The summed E-state index contributed by atoms with van der Waals surface area (Å²) in [7, 11) is 3.50. The van der Waals surface area contributed by atoms with E-state index < -0.39 is 0 Å². The molecule has 0 fully saturated rings. The number of halogens is 2. The number of methoxy groups -OCH3 is 1. The Hall–Kier alpha value is -1.22. The van der Waals surface area contributed by atoms with Crippen molar-refractivity contribution in [2.75, 3.05) is 14.2 Å². The van der Waals surface area contributed by atoms with Gasteiger partial charge < -0.3 is 10.1 Å². The summed E-state index contributed by atoms with van der Waals surface area (Å²) in [6.45, 7) is 0.752. The second kappa shape index (κ2) is 6.29. The number of benzene rings is 2. The first-order chi connectivity index (χ1) is 9.15. The van der Waals surface area contributed by atoms with Crippen molar-refractivity contribution in [3.63, 3.8) is 0 Å². The average molecular weight is 296 g/mol. The standard InChI is InChI=1S/C15H15Cl2NO/c1-18-9-12-4-3-10(7-13(12)16)11-5-6-15(19-2)14(17)8-11/h3-8,18H,9H2,1-2H3. The van der Waals surface area contributed by atoms with E-state index in [1.165, 1.54) is 0 Å². The SMILES string of the molecule is CNCc1ccc(-c2ccc(OC)c(Cl)c2)cc1Cl. The molecule has 0 aliphatic rings. The van der Waals surface area contributed by atoms with Crippen molar-refractivity contribution < 1.29 is 4.74 Å². The molecular weight excluding hydrogens is 281 g/mol. The third-order valence-electron chi connectivity index (χ3n) is 2.91. The van der Waals surface area contributed by atoms with Gasteiger partial charge in [0.05, 0.1) is 12.1 Å². The van der Waals surface area contributed by atoms with E-state index >= 15 is 0 Å². The lowest BCUT2D eigenvalue weighted by molar-refractivity contribution is 0.415. The summed E-state index contributed by atoms with van der Waals surface area (Å²) in [4.78, 5) is 0. The number of hydrogen-bond donors (Lipinski definition) is 1. The van der Waals surface area contributed by atoms with Crippen LogP contribution in [0.15, 0.2) is 36.4 Å². The Morgan fingerprint density at radius 1 is 1.00 bits per heavy atom. The minimum Gasteiger partial charge on any atom is -0.495 e. The Morgan fingerprint density at radius 2 is 1.63 bits per heavy atom. The molecule has 0 unspecified atom stereocenters. The summed E-state index contributed by atoms with van der Waals surface area (Å²) in [6.07, 6.45) is 0. The third-order valence-corrected chi connectivity index (χ3v) is 3.55. The highest BCUT2D eigenvalue weighted by molar-refractivity contribution is 6.32. The zero-order chi connectivity index (χ0) is 13.8. The second-order valence-corrected chi connectivity index (χ2v) is 5.00. The van der Waals surface area contributed by atoms with Crippen LogP contribution in [0.25, 0.3) is 11.1 Å². The zero-order valence-electron chi connectivity index (χ0n) is 10.8. The fourth-order valence-corrected chi connectivity index (χ4v) is 2.41. The van der Waals surface area contributed by atoms with Gasteiger partial charge in [-0.2, -0.15) is 0 Å². The number of hydrogen-bond acceptors (Lipinski definition) is 2. The molecule has 0 radical (unpaired) electrons. The molecule has 0 aliphatic heterocycles. The first-order valence-corrected chi connectivity index (χ1v) is 6.68. The lowest BCUT2D eigenvalue weighted by atomic mass is 10.0. The van der Waals surface area contributed by atoms with Gasteiger partial charge in [0.1, 0.15) is 5.75 Å². The number of ether oxygens (including phenoxy) is 1. The third kappa shape index (κ3) is 3.21. The molecule has 2 aromatic carbocycles. The van der Waals surface area contributed by atoms with Gasteiger partial charge in [-0.25, -0.2) is 0 Å². The van der Waals surface area contributed by atoms with Gasteiger partial charge >= 0.3 is 0 Å². The predicted molar refractivity (Wildman–Crippen MR) is 81.2 cm³/mol. The van der Waals surface area contributed by atoms with Crippen molar-refractivity contribution in [2.45, 2.75) is 6.54 Å². The molecule has 2 rings (SSSR count). The molecule has 4 heteroatoms. The van der Waals surface area contributed by atoms with Crippen LogP contribution in [0.1, 0.15) is 5.56 Å². The van der Waals surface area contributed by atoms with Crippen LogP contribution in [0, 0.1) is 0 Å². The second-order valence-electron chi connectivity index (χ2n) is 4.19. The van der Waals surface area contributed by atoms with Gasteiger partial charge in [0, 0.05) is 11.6 Å². The van der Waals surface area contributed by atoms with Crippen LogP contribution in [-0.4, -0.2) is 14.2 Å². The zero-order valence-corrected chi connectivity index (χ0v) is 12.3. The van der Waals surface area contributed by atoms with E-state index in [4.69, 9.17) is 27.9 Å². The molecule has 0 saturated heterocycles. The van der Waals surface area contributed by atoms with Gasteiger partial charge in [-0.05, 0) is 41.9 Å². The fraction of sp³-hybridized carbons (Fsp3) is 0.200. The van der Waals surface area contributed by atoms with E-state index in [0.717, 1.165) is 28.3 Å². The highest BCUT2D eigenvalue weighted by Crippen LogP contribution is 2.32. The highest BCUT2D eigenvalue weighted by Gasteiger charge is 2.06. The Bertz CT molecular complexity index is 584. The topological polar surface area (TPSA) is 21.3 Å². The Kier molecular flexibility index (Phi) is 4.70. The quantitative estimate of drug-likeness (QED) is 0.903. The molecule has 0 bridgehead atoms. The van der Waals surface area contributed by atoms with E-state index in [1.807, 2.05) is 43.4 Å². The van der Waals surface area contributed by atoms with E-state index in [0.29, 0.717) is 10.8 Å². The Morgan fingerprint density at radius 3 is 2.16 bits per heavy atom. The molecule has 0 aromatic heterocycles. The van der Waals surface area contributed by atoms with Gasteiger partial charge in [-0.15, -0.1) is 0 Å². The van der Waals surface area contributed by atoms with Gasteiger partial charge in [0.2, 0.25) is 0 Å². The molecule has 1 N–H and O–H groups in total. The minimum atomic E-state index is 0.593. The summed E-state index contributed by atoms with van der Waals surface area (Å²) in [5.41, 5.74) is 3.13.